The van der Waals surface area contributed by atoms with Gasteiger partial charge in [-0.2, -0.15) is 0 Å². The van der Waals surface area contributed by atoms with Crippen molar-refractivity contribution in [3.8, 4) is 22.4 Å². The summed E-state index contributed by atoms with van der Waals surface area (Å²) in [4.78, 5) is 4.64. The highest BCUT2D eigenvalue weighted by molar-refractivity contribution is 5.91. The Morgan fingerprint density at radius 1 is 1.00 bits per heavy atom. The second-order valence-electron chi connectivity index (χ2n) is 7.36. The molecule has 0 atom stereocenters. The van der Waals surface area contributed by atoms with Crippen molar-refractivity contribution < 1.29 is 0 Å². The Bertz CT molecular complexity index is 939. The lowest BCUT2D eigenvalue weighted by atomic mass is 9.66. The van der Waals surface area contributed by atoms with Crippen LogP contribution in [0.4, 0.5) is 5.82 Å². The minimum Gasteiger partial charge on any atom is -0.383 e. The van der Waals surface area contributed by atoms with Crippen molar-refractivity contribution in [2.75, 3.05) is 5.73 Å². The van der Waals surface area contributed by atoms with Gasteiger partial charge in [0, 0.05) is 22.9 Å². The highest BCUT2D eigenvalue weighted by Gasteiger charge is 2.33. The van der Waals surface area contributed by atoms with Gasteiger partial charge in [0.1, 0.15) is 5.82 Å². The molecule has 0 bridgehead atoms. The molecule has 0 unspecified atom stereocenters. The third-order valence-electron chi connectivity index (χ3n) is 5.64. The average Bonchev–Trinajstić information content (AvgIpc) is 2.67. The van der Waals surface area contributed by atoms with Gasteiger partial charge in [-0.1, -0.05) is 67.9 Å². The van der Waals surface area contributed by atoms with Crippen molar-refractivity contribution >= 4 is 12.0 Å². The van der Waals surface area contributed by atoms with E-state index in [-0.39, 0.29) is 0 Å². The topological polar surface area (TPSA) is 62.8 Å². The van der Waals surface area contributed by atoms with Crippen LogP contribution >= 0.6 is 0 Å². The number of nitrogens with two attached hydrogens (primary N) is 1. The summed E-state index contributed by atoms with van der Waals surface area (Å²) < 4.78 is 0. The van der Waals surface area contributed by atoms with Crippen molar-refractivity contribution in [3.05, 3.63) is 71.8 Å². The molecule has 1 aromatic heterocycles. The molecule has 2 aromatic carbocycles. The predicted octanol–water partition coefficient (Wildman–Crippen LogP) is 5.44. The normalized spacial score (nSPS) is 15.3. The predicted molar refractivity (Wildman–Crippen MR) is 109 cm³/mol. The summed E-state index contributed by atoms with van der Waals surface area (Å²) >= 11 is 0. The molecule has 0 aliphatic heterocycles. The Balaban J connectivity index is 1.83. The lowest BCUT2D eigenvalue weighted by Crippen LogP contribution is -2.30. The van der Waals surface area contributed by atoms with Crippen molar-refractivity contribution in [3.63, 3.8) is 0 Å². The van der Waals surface area contributed by atoms with E-state index in [4.69, 9.17) is 11.1 Å². The van der Waals surface area contributed by atoms with Gasteiger partial charge in [-0.05, 0) is 35.4 Å². The highest BCUT2D eigenvalue weighted by atomic mass is 14.8. The zero-order valence-corrected chi connectivity index (χ0v) is 15.0. The second-order valence-corrected chi connectivity index (χ2v) is 7.36. The Kier molecular flexibility index (Phi) is 4.08. The molecule has 1 saturated carbocycles. The maximum Gasteiger partial charge on any atom is 0.132 e. The molecule has 0 amide bonds. The van der Waals surface area contributed by atoms with Gasteiger partial charge in [0.05, 0.1) is 5.69 Å². The molecular weight excluding hydrogens is 318 g/mol. The highest BCUT2D eigenvalue weighted by Crippen LogP contribution is 2.43. The largest absolute Gasteiger partial charge is 0.383 e. The molecule has 4 rings (SSSR count). The maximum absolute atomic E-state index is 7.60. The lowest BCUT2D eigenvalue weighted by molar-refractivity contribution is 0.272. The third kappa shape index (κ3) is 2.80. The van der Waals surface area contributed by atoms with Gasteiger partial charge in [0.25, 0.3) is 0 Å². The summed E-state index contributed by atoms with van der Waals surface area (Å²) in [5.41, 5.74) is 12.5. The number of nitrogens with one attached hydrogen (secondary N) is 1. The third-order valence-corrected chi connectivity index (χ3v) is 5.64. The van der Waals surface area contributed by atoms with Gasteiger partial charge >= 0.3 is 0 Å². The molecule has 1 aliphatic carbocycles. The summed E-state index contributed by atoms with van der Waals surface area (Å²) in [6, 6.07) is 20.9. The summed E-state index contributed by atoms with van der Waals surface area (Å²) in [6.07, 6.45) is 5.11. The zero-order chi connectivity index (χ0) is 18.1. The van der Waals surface area contributed by atoms with Crippen LogP contribution in [0.25, 0.3) is 22.4 Å². The van der Waals surface area contributed by atoms with Crippen LogP contribution in [0.5, 0.6) is 0 Å². The molecular formula is C23H23N3. The van der Waals surface area contributed by atoms with Crippen LogP contribution in [0.3, 0.4) is 0 Å². The molecule has 0 saturated heterocycles. The van der Waals surface area contributed by atoms with E-state index in [0.717, 1.165) is 22.4 Å². The SMILES string of the molecule is CC1(c2ccc(-c3nc(N)c(C=N)cc3-c3ccccc3)cc2)CCC1. The molecule has 3 N–H and O–H groups in total. The van der Waals surface area contributed by atoms with Crippen molar-refractivity contribution in [1.82, 2.24) is 4.98 Å². The number of hydrogen-bond donors (Lipinski definition) is 2. The minimum atomic E-state index is 0.331. The summed E-state index contributed by atoms with van der Waals surface area (Å²) in [5, 5.41) is 7.60. The van der Waals surface area contributed by atoms with E-state index in [1.807, 2.05) is 24.3 Å². The van der Waals surface area contributed by atoms with Gasteiger partial charge in [-0.15, -0.1) is 0 Å². The monoisotopic (exact) mass is 341 g/mol. The van der Waals surface area contributed by atoms with Crippen LogP contribution in [0.1, 0.15) is 37.3 Å². The smallest absolute Gasteiger partial charge is 0.132 e. The number of hydrogen-bond acceptors (Lipinski definition) is 3. The van der Waals surface area contributed by atoms with Crippen molar-refractivity contribution in [2.45, 2.75) is 31.6 Å². The van der Waals surface area contributed by atoms with Gasteiger partial charge in [0.15, 0.2) is 0 Å². The van der Waals surface area contributed by atoms with E-state index in [9.17, 15) is 0 Å². The van der Waals surface area contributed by atoms with Gasteiger partial charge < -0.3 is 11.1 Å². The fourth-order valence-corrected chi connectivity index (χ4v) is 3.74. The summed E-state index contributed by atoms with van der Waals surface area (Å²) in [6.45, 7) is 2.34. The average molecular weight is 341 g/mol. The number of benzene rings is 2. The first kappa shape index (κ1) is 16.5. The molecule has 1 aliphatic rings. The molecule has 26 heavy (non-hydrogen) atoms. The number of anilines is 1. The number of nitrogen functional groups attached to an aromatic ring is 1. The lowest BCUT2D eigenvalue weighted by Gasteiger charge is -2.39. The fourth-order valence-electron chi connectivity index (χ4n) is 3.74. The first-order valence-electron chi connectivity index (χ1n) is 9.08. The van der Waals surface area contributed by atoms with Gasteiger partial charge in [0.2, 0.25) is 0 Å². The Labute approximate surface area is 154 Å². The van der Waals surface area contributed by atoms with E-state index < -0.39 is 0 Å². The quantitative estimate of drug-likeness (QED) is 0.621. The molecule has 3 aromatic rings. The van der Waals surface area contributed by atoms with E-state index in [2.05, 4.69) is 48.3 Å². The number of nitrogens with zero attached hydrogens (tertiary/aromatic N) is 1. The molecule has 130 valence electrons. The maximum atomic E-state index is 7.60. The van der Waals surface area contributed by atoms with Crippen LogP contribution in [-0.2, 0) is 5.41 Å². The molecule has 1 fully saturated rings. The molecule has 3 heteroatoms. The fraction of sp³-hybridized carbons (Fsp3) is 0.217. The molecule has 1 heterocycles. The van der Waals surface area contributed by atoms with E-state index >= 15 is 0 Å². The Morgan fingerprint density at radius 3 is 2.27 bits per heavy atom. The van der Waals surface area contributed by atoms with Crippen LogP contribution in [-0.4, -0.2) is 11.2 Å². The molecule has 0 spiro atoms. The van der Waals surface area contributed by atoms with Crippen molar-refractivity contribution in [1.29, 1.82) is 5.41 Å². The van der Waals surface area contributed by atoms with E-state index in [1.54, 1.807) is 0 Å². The Hall–Kier alpha value is -2.94. The first-order valence-corrected chi connectivity index (χ1v) is 9.08. The van der Waals surface area contributed by atoms with Crippen LogP contribution in [0.2, 0.25) is 0 Å². The van der Waals surface area contributed by atoms with Crippen LogP contribution < -0.4 is 5.73 Å². The standard InChI is InChI=1S/C23H23N3/c1-23(12-5-13-23)19-10-8-17(9-11-19)21-20(16-6-3-2-4-7-16)14-18(15-24)22(25)26-21/h2-4,6-11,14-15,24H,5,12-13H2,1H3,(H2,25,26). The zero-order valence-electron chi connectivity index (χ0n) is 15.0. The van der Waals surface area contributed by atoms with Crippen LogP contribution in [0.15, 0.2) is 60.7 Å². The van der Waals surface area contributed by atoms with Crippen LogP contribution in [0, 0.1) is 5.41 Å². The van der Waals surface area contributed by atoms with E-state index in [0.29, 0.717) is 16.8 Å². The Morgan fingerprint density at radius 2 is 1.69 bits per heavy atom. The number of aromatic nitrogens is 1. The number of pyridine rings is 1. The van der Waals surface area contributed by atoms with Gasteiger partial charge in [-0.3, -0.25) is 0 Å². The minimum absolute atomic E-state index is 0.331. The summed E-state index contributed by atoms with van der Waals surface area (Å²) in [5.74, 6) is 0.393. The first-order chi connectivity index (χ1) is 12.6. The van der Waals surface area contributed by atoms with E-state index in [1.165, 1.54) is 31.0 Å². The molecule has 3 nitrogen and oxygen atoms in total. The second kappa shape index (κ2) is 6.41. The molecule has 0 radical (unpaired) electrons. The van der Waals surface area contributed by atoms with Gasteiger partial charge in [-0.25, -0.2) is 4.98 Å². The summed E-state index contributed by atoms with van der Waals surface area (Å²) in [7, 11) is 0. The number of rotatable bonds is 4. The van der Waals surface area contributed by atoms with Crippen molar-refractivity contribution in [2.24, 2.45) is 0 Å².